The van der Waals surface area contributed by atoms with Gasteiger partial charge in [-0.05, 0) is 31.9 Å². The first-order chi connectivity index (χ1) is 12.7. The van der Waals surface area contributed by atoms with Gasteiger partial charge in [-0.1, -0.05) is 0 Å². The van der Waals surface area contributed by atoms with Crippen molar-refractivity contribution in [2.24, 2.45) is 0 Å². The largest absolute Gasteiger partial charge is 0.485 e. The maximum Gasteiger partial charge on any atom is 0.274 e. The van der Waals surface area contributed by atoms with Crippen molar-refractivity contribution in [3.8, 4) is 5.75 Å². The van der Waals surface area contributed by atoms with Crippen LogP contribution in [0.2, 0.25) is 0 Å². The Kier molecular flexibility index (Phi) is 4.69. The molecule has 7 heteroatoms. The van der Waals surface area contributed by atoms with Gasteiger partial charge in [-0.3, -0.25) is 9.78 Å². The predicted octanol–water partition coefficient (Wildman–Crippen LogP) is 2.07. The van der Waals surface area contributed by atoms with E-state index in [1.807, 2.05) is 19.1 Å². The van der Waals surface area contributed by atoms with Crippen LogP contribution in [0.15, 0.2) is 30.7 Å². The number of aromatic nitrogens is 3. The van der Waals surface area contributed by atoms with E-state index in [1.54, 1.807) is 23.5 Å². The molecule has 1 unspecified atom stereocenters. The molecule has 7 nitrogen and oxygen atoms in total. The van der Waals surface area contributed by atoms with Gasteiger partial charge >= 0.3 is 0 Å². The number of anilines is 1. The molecule has 0 spiro atoms. The van der Waals surface area contributed by atoms with E-state index >= 15 is 0 Å². The Morgan fingerprint density at radius 3 is 2.77 bits per heavy atom. The van der Waals surface area contributed by atoms with Crippen LogP contribution < -0.4 is 9.64 Å². The molecule has 2 saturated heterocycles. The summed E-state index contributed by atoms with van der Waals surface area (Å²) in [6.45, 7) is 5.12. The Hall–Kier alpha value is -2.70. The van der Waals surface area contributed by atoms with Crippen molar-refractivity contribution in [1.82, 2.24) is 19.9 Å². The predicted molar refractivity (Wildman–Crippen MR) is 97.4 cm³/mol. The van der Waals surface area contributed by atoms with E-state index < -0.39 is 0 Å². The number of hydrogen-bond donors (Lipinski definition) is 0. The fourth-order valence-corrected chi connectivity index (χ4v) is 3.49. The van der Waals surface area contributed by atoms with E-state index in [1.165, 1.54) is 12.8 Å². The van der Waals surface area contributed by atoms with Crippen molar-refractivity contribution in [2.75, 3.05) is 31.1 Å². The Labute approximate surface area is 153 Å². The smallest absolute Gasteiger partial charge is 0.274 e. The number of carbonyl (C=O) groups is 1. The minimum Gasteiger partial charge on any atom is -0.485 e. The van der Waals surface area contributed by atoms with Crippen LogP contribution >= 0.6 is 0 Å². The lowest BCUT2D eigenvalue weighted by Crippen LogP contribution is -2.32. The standard InChI is InChI=1S/C19H23N5O2/c1-14-11-22-16(12-21-14)19(25)24-10-6-15(13-24)26-17-5-4-7-20-18(17)23-8-2-3-9-23/h4-5,7,11-12,15H,2-3,6,8-10,13H2,1H3. The third-order valence-corrected chi connectivity index (χ3v) is 4.88. The number of nitrogens with zero attached hydrogens (tertiary/aromatic N) is 5. The van der Waals surface area contributed by atoms with Crippen LogP contribution in [0.3, 0.4) is 0 Å². The van der Waals surface area contributed by atoms with Crippen molar-refractivity contribution in [3.05, 3.63) is 42.1 Å². The first-order valence-corrected chi connectivity index (χ1v) is 9.15. The van der Waals surface area contributed by atoms with Crippen LogP contribution in [0.1, 0.15) is 35.4 Å². The second kappa shape index (κ2) is 7.27. The number of likely N-dealkylation sites (tertiary alicyclic amines) is 1. The monoisotopic (exact) mass is 353 g/mol. The number of aryl methyl sites for hydroxylation is 1. The molecular weight excluding hydrogens is 330 g/mol. The molecule has 0 aliphatic carbocycles. The van der Waals surface area contributed by atoms with E-state index in [-0.39, 0.29) is 12.0 Å². The van der Waals surface area contributed by atoms with Crippen molar-refractivity contribution in [3.63, 3.8) is 0 Å². The molecule has 2 fully saturated rings. The minimum atomic E-state index is -0.0884. The molecule has 0 aromatic carbocycles. The number of ether oxygens (including phenoxy) is 1. The van der Waals surface area contributed by atoms with Crippen LogP contribution in [0, 0.1) is 6.92 Å². The van der Waals surface area contributed by atoms with Crippen molar-refractivity contribution in [2.45, 2.75) is 32.3 Å². The molecule has 4 rings (SSSR count). The van der Waals surface area contributed by atoms with Crippen LogP contribution in [0.4, 0.5) is 5.82 Å². The number of carbonyl (C=O) groups excluding carboxylic acids is 1. The normalized spacial score (nSPS) is 19.8. The van der Waals surface area contributed by atoms with Gasteiger partial charge in [-0.15, -0.1) is 0 Å². The summed E-state index contributed by atoms with van der Waals surface area (Å²) in [6.07, 6.45) is 8.13. The third kappa shape index (κ3) is 3.47. The number of pyridine rings is 1. The van der Waals surface area contributed by atoms with Crippen LogP contribution in [0.5, 0.6) is 5.75 Å². The summed E-state index contributed by atoms with van der Waals surface area (Å²) in [5.41, 5.74) is 1.19. The molecule has 2 aromatic rings. The summed E-state index contributed by atoms with van der Waals surface area (Å²) < 4.78 is 6.22. The van der Waals surface area contributed by atoms with Gasteiger partial charge in [0.1, 0.15) is 11.8 Å². The SMILES string of the molecule is Cc1cnc(C(=O)N2CCC(Oc3cccnc3N3CCCC3)C2)cn1. The molecule has 26 heavy (non-hydrogen) atoms. The fourth-order valence-electron chi connectivity index (χ4n) is 3.49. The van der Waals surface area contributed by atoms with Gasteiger partial charge in [-0.2, -0.15) is 0 Å². The van der Waals surface area contributed by atoms with Gasteiger partial charge in [0.15, 0.2) is 11.6 Å². The summed E-state index contributed by atoms with van der Waals surface area (Å²) in [5, 5.41) is 0. The highest BCUT2D eigenvalue weighted by molar-refractivity contribution is 5.92. The highest BCUT2D eigenvalue weighted by Crippen LogP contribution is 2.30. The van der Waals surface area contributed by atoms with E-state index in [4.69, 9.17) is 4.74 Å². The van der Waals surface area contributed by atoms with Gasteiger partial charge in [0.2, 0.25) is 0 Å². The summed E-state index contributed by atoms with van der Waals surface area (Å²) in [7, 11) is 0. The Morgan fingerprint density at radius 1 is 1.15 bits per heavy atom. The zero-order valence-corrected chi connectivity index (χ0v) is 15.0. The van der Waals surface area contributed by atoms with Crippen molar-refractivity contribution >= 4 is 11.7 Å². The van der Waals surface area contributed by atoms with E-state index in [0.29, 0.717) is 18.8 Å². The lowest BCUT2D eigenvalue weighted by molar-refractivity contribution is 0.0766. The van der Waals surface area contributed by atoms with Gasteiger partial charge in [0.05, 0.1) is 18.4 Å². The average Bonchev–Trinajstić information content (AvgIpc) is 3.34. The second-order valence-corrected chi connectivity index (χ2v) is 6.84. The molecule has 1 atom stereocenters. The molecule has 1 amide bonds. The van der Waals surface area contributed by atoms with Gasteiger partial charge < -0.3 is 14.5 Å². The van der Waals surface area contributed by atoms with Gasteiger partial charge in [0.25, 0.3) is 5.91 Å². The van der Waals surface area contributed by atoms with Crippen molar-refractivity contribution in [1.29, 1.82) is 0 Å². The zero-order valence-electron chi connectivity index (χ0n) is 15.0. The highest BCUT2D eigenvalue weighted by atomic mass is 16.5. The Bertz CT molecular complexity index is 774. The summed E-state index contributed by atoms with van der Waals surface area (Å²) in [5.74, 6) is 1.64. The number of amides is 1. The lowest BCUT2D eigenvalue weighted by Gasteiger charge is -2.22. The molecular formula is C19H23N5O2. The minimum absolute atomic E-state index is 0.0251. The molecule has 0 N–H and O–H groups in total. The van der Waals surface area contributed by atoms with Gasteiger partial charge in [0, 0.05) is 38.4 Å². The number of rotatable bonds is 4. The summed E-state index contributed by atoms with van der Waals surface area (Å²) in [6, 6.07) is 3.87. The molecule has 0 bridgehead atoms. The maximum atomic E-state index is 12.6. The molecule has 136 valence electrons. The van der Waals surface area contributed by atoms with Crippen molar-refractivity contribution < 1.29 is 9.53 Å². The molecule has 0 saturated carbocycles. The topological polar surface area (TPSA) is 71.5 Å². The highest BCUT2D eigenvalue weighted by Gasteiger charge is 2.30. The van der Waals surface area contributed by atoms with Gasteiger partial charge in [-0.25, -0.2) is 9.97 Å². The molecule has 2 aromatic heterocycles. The average molecular weight is 353 g/mol. The summed E-state index contributed by atoms with van der Waals surface area (Å²) >= 11 is 0. The Balaban J connectivity index is 1.42. The summed E-state index contributed by atoms with van der Waals surface area (Å²) in [4.78, 5) is 29.5. The maximum absolute atomic E-state index is 12.6. The van der Waals surface area contributed by atoms with E-state index in [0.717, 1.165) is 36.8 Å². The number of hydrogen-bond acceptors (Lipinski definition) is 6. The third-order valence-electron chi connectivity index (χ3n) is 4.88. The lowest BCUT2D eigenvalue weighted by atomic mass is 10.3. The fraction of sp³-hybridized carbons (Fsp3) is 0.474. The second-order valence-electron chi connectivity index (χ2n) is 6.84. The van der Waals surface area contributed by atoms with Crippen LogP contribution in [-0.4, -0.2) is 58.0 Å². The van der Waals surface area contributed by atoms with Crippen LogP contribution in [0.25, 0.3) is 0 Å². The molecule has 2 aliphatic heterocycles. The quantitative estimate of drug-likeness (QED) is 0.838. The zero-order chi connectivity index (χ0) is 17.9. The molecule has 0 radical (unpaired) electrons. The van der Waals surface area contributed by atoms with E-state index in [9.17, 15) is 4.79 Å². The Morgan fingerprint density at radius 2 is 2.00 bits per heavy atom. The first kappa shape index (κ1) is 16.8. The van der Waals surface area contributed by atoms with E-state index in [2.05, 4.69) is 19.9 Å². The molecule has 4 heterocycles. The molecule has 2 aliphatic rings. The first-order valence-electron chi connectivity index (χ1n) is 9.15. The van der Waals surface area contributed by atoms with Crippen LogP contribution in [-0.2, 0) is 0 Å².